The van der Waals surface area contributed by atoms with Gasteiger partial charge in [0.05, 0.1) is 12.5 Å². The second-order valence-electron chi connectivity index (χ2n) is 3.14. The normalized spacial score (nSPS) is 12.2. The first-order chi connectivity index (χ1) is 7.49. The van der Waals surface area contributed by atoms with E-state index in [1.807, 2.05) is 0 Å². The van der Waals surface area contributed by atoms with Crippen molar-refractivity contribution in [2.75, 3.05) is 6.61 Å². The smallest absolute Gasteiger partial charge is 0.306 e. The van der Waals surface area contributed by atoms with Gasteiger partial charge in [-0.15, -0.1) is 0 Å². The summed E-state index contributed by atoms with van der Waals surface area (Å²) in [5.74, 6) is -3.20. The lowest BCUT2D eigenvalue weighted by molar-refractivity contribution is -0.139. The largest absolute Gasteiger partial charge is 0.491 e. The third-order valence-electron chi connectivity index (χ3n) is 1.74. The van der Waals surface area contributed by atoms with Crippen molar-refractivity contribution in [1.29, 1.82) is 0 Å². The van der Waals surface area contributed by atoms with E-state index in [4.69, 9.17) is 14.9 Å². The third kappa shape index (κ3) is 3.82. The van der Waals surface area contributed by atoms with E-state index in [1.165, 1.54) is 6.07 Å². The molecule has 88 valence electrons. The van der Waals surface area contributed by atoms with E-state index in [0.717, 1.165) is 12.1 Å². The Labute approximate surface area is 90.1 Å². The van der Waals surface area contributed by atoms with E-state index in [2.05, 4.69) is 0 Å². The number of hydrogen-bond donors (Lipinski definition) is 2. The molecule has 1 unspecified atom stereocenters. The van der Waals surface area contributed by atoms with E-state index in [9.17, 15) is 13.6 Å². The molecule has 0 heterocycles. The second kappa shape index (κ2) is 5.41. The van der Waals surface area contributed by atoms with Crippen molar-refractivity contribution in [3.05, 3.63) is 29.8 Å². The zero-order valence-corrected chi connectivity index (χ0v) is 8.19. The van der Waals surface area contributed by atoms with Gasteiger partial charge in [0.2, 0.25) is 0 Å². The van der Waals surface area contributed by atoms with Crippen LogP contribution in [-0.2, 0) is 4.79 Å². The summed E-state index contributed by atoms with van der Waals surface area (Å²) in [6.07, 6.45) is -1.66. The molecule has 0 aromatic heterocycles. The molecular formula is C10H10F2O4. The lowest BCUT2D eigenvalue weighted by Gasteiger charge is -2.10. The molecule has 0 amide bonds. The van der Waals surface area contributed by atoms with Crippen LogP contribution in [-0.4, -0.2) is 28.9 Å². The van der Waals surface area contributed by atoms with Gasteiger partial charge < -0.3 is 14.9 Å². The van der Waals surface area contributed by atoms with Crippen LogP contribution in [0.4, 0.5) is 8.78 Å². The summed E-state index contributed by atoms with van der Waals surface area (Å²) in [6.45, 7) is -0.294. The van der Waals surface area contributed by atoms with Crippen molar-refractivity contribution in [2.45, 2.75) is 12.5 Å². The molecule has 4 nitrogen and oxygen atoms in total. The zero-order chi connectivity index (χ0) is 12.1. The van der Waals surface area contributed by atoms with Crippen LogP contribution in [0.15, 0.2) is 18.2 Å². The fourth-order valence-corrected chi connectivity index (χ4v) is 1.02. The Bertz CT molecular complexity index is 381. The predicted octanol–water partition coefficient (Wildman–Crippen LogP) is 1.18. The molecule has 0 fully saturated rings. The Hall–Kier alpha value is -1.69. The molecule has 1 aromatic rings. The van der Waals surface area contributed by atoms with Crippen LogP contribution in [0, 0.1) is 11.6 Å². The highest BCUT2D eigenvalue weighted by Crippen LogP contribution is 2.15. The summed E-state index contributed by atoms with van der Waals surface area (Å²) in [5.41, 5.74) is 0. The fourth-order valence-electron chi connectivity index (χ4n) is 1.02. The minimum absolute atomic E-state index is 0.0309. The molecule has 0 aliphatic carbocycles. The summed E-state index contributed by atoms with van der Waals surface area (Å²) >= 11 is 0. The maximum absolute atomic E-state index is 12.7. The fraction of sp³-hybridized carbons (Fsp3) is 0.300. The van der Waals surface area contributed by atoms with Crippen molar-refractivity contribution in [3.8, 4) is 5.75 Å². The first-order valence-electron chi connectivity index (χ1n) is 4.46. The quantitative estimate of drug-likeness (QED) is 0.799. The molecule has 1 aromatic carbocycles. The molecule has 0 saturated heterocycles. The molecule has 1 atom stereocenters. The van der Waals surface area contributed by atoms with Gasteiger partial charge in [-0.05, 0) is 12.1 Å². The number of carbonyl (C=O) groups is 1. The van der Waals surface area contributed by atoms with Crippen LogP contribution >= 0.6 is 0 Å². The van der Waals surface area contributed by atoms with E-state index in [-0.39, 0.29) is 12.4 Å². The Morgan fingerprint density at radius 3 is 2.62 bits per heavy atom. The Morgan fingerprint density at radius 1 is 1.38 bits per heavy atom. The third-order valence-corrected chi connectivity index (χ3v) is 1.74. The van der Waals surface area contributed by atoms with Gasteiger partial charge in [0, 0.05) is 6.07 Å². The van der Waals surface area contributed by atoms with Gasteiger partial charge in [-0.3, -0.25) is 4.79 Å². The molecule has 0 bridgehead atoms. The summed E-state index contributed by atoms with van der Waals surface area (Å²) in [6, 6.07) is 2.89. The van der Waals surface area contributed by atoms with Crippen LogP contribution < -0.4 is 4.74 Å². The number of rotatable bonds is 5. The number of aliphatic hydroxyl groups excluding tert-OH is 1. The average Bonchev–Trinajstić information content (AvgIpc) is 2.19. The standard InChI is InChI=1S/C10H10F2O4/c11-8-2-1-7(4-9(8)12)16-5-6(13)3-10(14)15/h1-2,4,6,13H,3,5H2,(H,14,15). The van der Waals surface area contributed by atoms with Crippen LogP contribution in [0.2, 0.25) is 0 Å². The highest BCUT2D eigenvalue weighted by Gasteiger charge is 2.11. The van der Waals surface area contributed by atoms with Crippen molar-refractivity contribution < 1.29 is 28.5 Å². The molecule has 16 heavy (non-hydrogen) atoms. The minimum Gasteiger partial charge on any atom is -0.491 e. The first kappa shape index (κ1) is 12.4. The Kier molecular flexibility index (Phi) is 4.19. The maximum atomic E-state index is 12.7. The molecule has 0 aliphatic rings. The summed E-state index contributed by atoms with van der Waals surface area (Å²) in [4.78, 5) is 10.2. The van der Waals surface area contributed by atoms with E-state index < -0.39 is 30.1 Å². The van der Waals surface area contributed by atoms with Gasteiger partial charge in [0.15, 0.2) is 11.6 Å². The van der Waals surface area contributed by atoms with Gasteiger partial charge in [-0.25, -0.2) is 8.78 Å². The Balaban J connectivity index is 2.48. The topological polar surface area (TPSA) is 66.8 Å². The van der Waals surface area contributed by atoms with Gasteiger partial charge in [-0.2, -0.15) is 0 Å². The molecule has 6 heteroatoms. The van der Waals surface area contributed by atoms with Gasteiger partial charge in [0.25, 0.3) is 0 Å². The number of aliphatic carboxylic acids is 1. The second-order valence-corrected chi connectivity index (χ2v) is 3.14. The zero-order valence-electron chi connectivity index (χ0n) is 8.19. The van der Waals surface area contributed by atoms with Crippen molar-refractivity contribution in [1.82, 2.24) is 0 Å². The van der Waals surface area contributed by atoms with Crippen molar-refractivity contribution in [2.24, 2.45) is 0 Å². The lowest BCUT2D eigenvalue weighted by Crippen LogP contribution is -2.21. The highest BCUT2D eigenvalue weighted by molar-refractivity contribution is 5.67. The summed E-state index contributed by atoms with van der Waals surface area (Å²) in [7, 11) is 0. The summed E-state index contributed by atoms with van der Waals surface area (Å²) < 4.78 is 30.1. The first-order valence-corrected chi connectivity index (χ1v) is 4.46. The van der Waals surface area contributed by atoms with Crippen LogP contribution in [0.1, 0.15) is 6.42 Å². The monoisotopic (exact) mass is 232 g/mol. The van der Waals surface area contributed by atoms with Crippen LogP contribution in [0.25, 0.3) is 0 Å². The molecule has 0 saturated carbocycles. The van der Waals surface area contributed by atoms with E-state index >= 15 is 0 Å². The lowest BCUT2D eigenvalue weighted by atomic mass is 10.2. The number of hydrogen-bond acceptors (Lipinski definition) is 3. The van der Waals surface area contributed by atoms with Gasteiger partial charge in [0.1, 0.15) is 12.4 Å². The average molecular weight is 232 g/mol. The number of ether oxygens (including phenoxy) is 1. The Morgan fingerprint density at radius 2 is 2.06 bits per heavy atom. The SMILES string of the molecule is O=C(O)CC(O)COc1ccc(F)c(F)c1. The number of halogens is 2. The maximum Gasteiger partial charge on any atom is 0.306 e. The summed E-state index contributed by atoms with van der Waals surface area (Å²) in [5, 5.41) is 17.5. The minimum atomic E-state index is -1.19. The molecule has 0 aliphatic heterocycles. The molecule has 0 spiro atoms. The number of carboxylic acids is 1. The van der Waals surface area contributed by atoms with Crippen molar-refractivity contribution >= 4 is 5.97 Å². The molecule has 1 rings (SSSR count). The van der Waals surface area contributed by atoms with Crippen molar-refractivity contribution in [3.63, 3.8) is 0 Å². The van der Waals surface area contributed by atoms with E-state index in [1.54, 1.807) is 0 Å². The van der Waals surface area contributed by atoms with Gasteiger partial charge >= 0.3 is 5.97 Å². The predicted molar refractivity (Wildman–Crippen MR) is 50.1 cm³/mol. The molecule has 0 radical (unpaired) electrons. The van der Waals surface area contributed by atoms with E-state index in [0.29, 0.717) is 0 Å². The highest BCUT2D eigenvalue weighted by atomic mass is 19.2. The molecule has 2 N–H and O–H groups in total. The number of aliphatic hydroxyl groups is 1. The van der Waals surface area contributed by atoms with Crippen LogP contribution in [0.5, 0.6) is 5.75 Å². The van der Waals surface area contributed by atoms with Crippen LogP contribution in [0.3, 0.4) is 0 Å². The number of benzene rings is 1. The van der Waals surface area contributed by atoms with Gasteiger partial charge in [-0.1, -0.05) is 0 Å². The number of carboxylic acid groups (broad SMARTS) is 1. The molecular weight excluding hydrogens is 222 g/mol.